The van der Waals surface area contributed by atoms with Crippen LogP contribution in [0.3, 0.4) is 0 Å². The quantitative estimate of drug-likeness (QED) is 0.931. The van der Waals surface area contributed by atoms with E-state index in [-0.39, 0.29) is 11.2 Å². The topological polar surface area (TPSA) is 60.2 Å². The Hall–Kier alpha value is -0.650. The number of hydrogen-bond donors (Lipinski definition) is 1. The van der Waals surface area contributed by atoms with Crippen molar-refractivity contribution in [2.75, 3.05) is 6.26 Å². The summed E-state index contributed by atoms with van der Waals surface area (Å²) in [5, 5.41) is -0.0289. The van der Waals surface area contributed by atoms with Gasteiger partial charge < -0.3 is 5.73 Å². The zero-order valence-corrected chi connectivity index (χ0v) is 12.9. The second kappa shape index (κ2) is 6.00. The fourth-order valence-corrected chi connectivity index (χ4v) is 4.27. The van der Waals surface area contributed by atoms with Gasteiger partial charge >= 0.3 is 0 Å². The Balaban J connectivity index is 2.18. The number of benzene rings is 1. The van der Waals surface area contributed by atoms with Crippen LogP contribution in [0.5, 0.6) is 0 Å². The van der Waals surface area contributed by atoms with E-state index in [1.807, 2.05) is 0 Å². The molecule has 0 heterocycles. The van der Waals surface area contributed by atoms with Gasteiger partial charge in [0.05, 0.1) is 5.25 Å². The molecule has 0 amide bonds. The first-order valence-corrected chi connectivity index (χ1v) is 9.01. The Morgan fingerprint density at radius 1 is 1.40 bits per heavy atom. The van der Waals surface area contributed by atoms with Crippen molar-refractivity contribution >= 4 is 21.4 Å². The summed E-state index contributed by atoms with van der Waals surface area (Å²) in [4.78, 5) is 0. The lowest BCUT2D eigenvalue weighted by molar-refractivity contribution is 0.304. The smallest absolute Gasteiger partial charge is 0.150 e. The van der Waals surface area contributed by atoms with E-state index in [9.17, 15) is 12.8 Å². The first-order valence-electron chi connectivity index (χ1n) is 6.68. The zero-order valence-electron chi connectivity index (χ0n) is 11.4. The van der Waals surface area contributed by atoms with Gasteiger partial charge in [0, 0.05) is 22.9 Å². The minimum atomic E-state index is -3.06. The summed E-state index contributed by atoms with van der Waals surface area (Å²) in [5.41, 5.74) is 6.56. The molecule has 1 aliphatic rings. The molecule has 2 rings (SSSR count). The number of rotatable bonds is 3. The van der Waals surface area contributed by atoms with Gasteiger partial charge in [0.25, 0.3) is 0 Å². The van der Waals surface area contributed by atoms with Crippen molar-refractivity contribution in [1.29, 1.82) is 0 Å². The maximum Gasteiger partial charge on any atom is 0.150 e. The minimum absolute atomic E-state index is 0.0147. The maximum absolute atomic E-state index is 13.9. The van der Waals surface area contributed by atoms with E-state index in [0.29, 0.717) is 23.4 Å². The van der Waals surface area contributed by atoms with Gasteiger partial charge in [-0.3, -0.25) is 0 Å². The van der Waals surface area contributed by atoms with Crippen LogP contribution in [-0.4, -0.2) is 19.9 Å². The molecule has 3 nitrogen and oxygen atoms in total. The molecule has 6 heteroatoms. The molecule has 0 aliphatic heterocycles. The van der Waals surface area contributed by atoms with E-state index in [4.69, 9.17) is 17.3 Å². The van der Waals surface area contributed by atoms with E-state index in [1.54, 1.807) is 12.1 Å². The van der Waals surface area contributed by atoms with Crippen LogP contribution >= 0.6 is 11.6 Å². The van der Waals surface area contributed by atoms with Gasteiger partial charge in [-0.2, -0.15) is 0 Å². The van der Waals surface area contributed by atoms with Crippen LogP contribution < -0.4 is 5.73 Å². The van der Waals surface area contributed by atoms with Gasteiger partial charge in [-0.25, -0.2) is 12.8 Å². The predicted molar refractivity (Wildman–Crippen MR) is 78.9 cm³/mol. The molecule has 1 aliphatic carbocycles. The van der Waals surface area contributed by atoms with E-state index < -0.39 is 21.7 Å². The largest absolute Gasteiger partial charge is 0.324 e. The first kappa shape index (κ1) is 15.7. The molecule has 2 N–H and O–H groups in total. The Kier molecular flexibility index (Phi) is 4.72. The summed E-state index contributed by atoms with van der Waals surface area (Å²) >= 11 is 5.73. The van der Waals surface area contributed by atoms with Crippen LogP contribution in [0.15, 0.2) is 18.2 Å². The van der Waals surface area contributed by atoms with Crippen LogP contribution in [0.1, 0.15) is 37.3 Å². The summed E-state index contributed by atoms with van der Waals surface area (Å²) in [5.74, 6) is -0.439. The van der Waals surface area contributed by atoms with E-state index >= 15 is 0 Å². The third-order valence-corrected chi connectivity index (χ3v) is 5.98. The highest BCUT2D eigenvalue weighted by molar-refractivity contribution is 7.91. The Morgan fingerprint density at radius 2 is 2.10 bits per heavy atom. The van der Waals surface area contributed by atoms with Crippen molar-refractivity contribution in [3.63, 3.8) is 0 Å². The summed E-state index contributed by atoms with van der Waals surface area (Å²) < 4.78 is 37.2. The van der Waals surface area contributed by atoms with Crippen LogP contribution in [0, 0.1) is 11.7 Å². The van der Waals surface area contributed by atoms with Crippen molar-refractivity contribution < 1.29 is 12.8 Å². The molecule has 1 aromatic rings. The lowest BCUT2D eigenvalue weighted by Crippen LogP contribution is -2.33. The summed E-state index contributed by atoms with van der Waals surface area (Å²) in [6, 6.07) is 3.95. The average molecular weight is 320 g/mol. The Morgan fingerprint density at radius 3 is 2.70 bits per heavy atom. The van der Waals surface area contributed by atoms with Crippen LogP contribution in [0.2, 0.25) is 5.02 Å². The number of sulfone groups is 1. The molecule has 0 spiro atoms. The third kappa shape index (κ3) is 3.51. The van der Waals surface area contributed by atoms with E-state index in [1.165, 1.54) is 12.3 Å². The second-order valence-corrected chi connectivity index (χ2v) is 8.33. The van der Waals surface area contributed by atoms with E-state index in [2.05, 4.69) is 0 Å². The van der Waals surface area contributed by atoms with Gasteiger partial charge in [0.15, 0.2) is 0 Å². The molecule has 0 radical (unpaired) electrons. The summed E-state index contributed by atoms with van der Waals surface area (Å²) in [6.45, 7) is 0. The summed E-state index contributed by atoms with van der Waals surface area (Å²) in [7, 11) is -3.06. The average Bonchev–Trinajstić information content (AvgIpc) is 2.37. The van der Waals surface area contributed by atoms with Crippen molar-refractivity contribution in [3.05, 3.63) is 34.6 Å². The fourth-order valence-electron chi connectivity index (χ4n) is 2.92. The highest BCUT2D eigenvalue weighted by atomic mass is 35.5. The normalized spacial score (nSPS) is 25.4. The molecule has 3 atom stereocenters. The molecule has 20 heavy (non-hydrogen) atoms. The van der Waals surface area contributed by atoms with Crippen molar-refractivity contribution in [2.24, 2.45) is 11.7 Å². The molecule has 3 unspecified atom stereocenters. The Bertz CT molecular complexity index is 591. The molecular weight excluding hydrogens is 301 g/mol. The molecule has 0 saturated heterocycles. The van der Waals surface area contributed by atoms with Crippen molar-refractivity contribution in [2.45, 2.75) is 37.0 Å². The summed E-state index contributed by atoms with van der Waals surface area (Å²) in [6.07, 6.45) is 4.07. The molecule has 1 fully saturated rings. The highest BCUT2D eigenvalue weighted by Gasteiger charge is 2.33. The van der Waals surface area contributed by atoms with Crippen LogP contribution in [0.25, 0.3) is 0 Å². The fraction of sp³-hybridized carbons (Fsp3) is 0.571. The zero-order chi connectivity index (χ0) is 14.9. The highest BCUT2D eigenvalue weighted by Crippen LogP contribution is 2.36. The first-order chi connectivity index (χ1) is 9.29. The molecule has 112 valence electrons. The standard InChI is InChI=1S/C14H19ClFNO2S/c1-20(18,19)11-4-2-3-9(7-11)14(17)12-6-5-10(15)8-13(12)16/h5-6,8-9,11,14H,2-4,7,17H2,1H3. The van der Waals surface area contributed by atoms with Gasteiger partial charge in [-0.05, 0) is 37.3 Å². The lowest BCUT2D eigenvalue weighted by Gasteiger charge is -2.32. The van der Waals surface area contributed by atoms with Crippen LogP contribution in [0.4, 0.5) is 4.39 Å². The molecule has 1 aromatic carbocycles. The van der Waals surface area contributed by atoms with Gasteiger partial charge in [0.1, 0.15) is 15.7 Å². The predicted octanol–water partition coefficient (Wildman–Crippen LogP) is 3.08. The Labute approximate surface area is 124 Å². The van der Waals surface area contributed by atoms with Gasteiger partial charge in [-0.1, -0.05) is 24.1 Å². The maximum atomic E-state index is 13.9. The number of hydrogen-bond acceptors (Lipinski definition) is 3. The monoisotopic (exact) mass is 319 g/mol. The second-order valence-electron chi connectivity index (χ2n) is 5.57. The van der Waals surface area contributed by atoms with Gasteiger partial charge in [-0.15, -0.1) is 0 Å². The molecule has 0 bridgehead atoms. The van der Waals surface area contributed by atoms with Crippen molar-refractivity contribution in [3.8, 4) is 0 Å². The number of nitrogens with two attached hydrogens (primary N) is 1. The third-order valence-electron chi connectivity index (χ3n) is 4.10. The number of halogens is 2. The minimum Gasteiger partial charge on any atom is -0.324 e. The van der Waals surface area contributed by atoms with Crippen LogP contribution in [-0.2, 0) is 9.84 Å². The lowest BCUT2D eigenvalue weighted by atomic mass is 9.81. The SMILES string of the molecule is CS(=O)(=O)C1CCCC(C(N)c2ccc(Cl)cc2F)C1. The molecule has 1 saturated carbocycles. The molecule has 0 aromatic heterocycles. The van der Waals surface area contributed by atoms with E-state index in [0.717, 1.165) is 12.8 Å². The molecular formula is C14H19ClFNO2S. The van der Waals surface area contributed by atoms with Crippen molar-refractivity contribution in [1.82, 2.24) is 0 Å². The van der Waals surface area contributed by atoms with Gasteiger partial charge in [0.2, 0.25) is 0 Å².